The molecule has 0 spiro atoms. The lowest BCUT2D eigenvalue weighted by Gasteiger charge is -2.21. The molecule has 34 heavy (non-hydrogen) atoms. The molecule has 7 nitrogen and oxygen atoms in total. The molecule has 1 heterocycles. The first kappa shape index (κ1) is 23.6. The topological polar surface area (TPSA) is 83.8 Å². The Morgan fingerprint density at radius 1 is 1.06 bits per heavy atom. The zero-order valence-electron chi connectivity index (χ0n) is 19.5. The van der Waals surface area contributed by atoms with Crippen LogP contribution in [-0.2, 0) is 17.9 Å². The number of amides is 2. The molecule has 1 fully saturated rings. The molecular weight excluding hydrogens is 430 g/mol. The Labute approximate surface area is 200 Å². The molecule has 1 aliphatic carbocycles. The van der Waals surface area contributed by atoms with E-state index in [0.29, 0.717) is 37.8 Å². The molecule has 0 saturated heterocycles. The van der Waals surface area contributed by atoms with Gasteiger partial charge < -0.3 is 19.8 Å². The lowest BCUT2D eigenvalue weighted by molar-refractivity contribution is -0.122. The standard InChI is InChI=1S/C27H31N3O4/c1-20-4-2-5-24(16-20)34-15-13-28-26(31)19-30(18-25-6-3-14-33-25)17-21-7-9-22(10-8-21)27(32)29-23-11-12-23/h2-10,14,16,23H,11-13,15,17-19H2,1H3,(H,28,31)(H,29,32). The summed E-state index contributed by atoms with van der Waals surface area (Å²) >= 11 is 0. The van der Waals surface area contributed by atoms with Crippen LogP contribution in [-0.4, -0.2) is 42.5 Å². The molecular formula is C27H31N3O4. The van der Waals surface area contributed by atoms with Crippen molar-refractivity contribution in [1.82, 2.24) is 15.5 Å². The maximum atomic E-state index is 12.6. The number of aryl methyl sites for hydroxylation is 1. The highest BCUT2D eigenvalue weighted by atomic mass is 16.5. The van der Waals surface area contributed by atoms with Crippen molar-refractivity contribution in [2.24, 2.45) is 0 Å². The first-order valence-electron chi connectivity index (χ1n) is 11.7. The average Bonchev–Trinajstić information content (AvgIpc) is 3.49. The minimum absolute atomic E-state index is 0.0336. The summed E-state index contributed by atoms with van der Waals surface area (Å²) in [6, 6.07) is 19.4. The quantitative estimate of drug-likeness (QED) is 0.402. The lowest BCUT2D eigenvalue weighted by atomic mass is 10.1. The van der Waals surface area contributed by atoms with Gasteiger partial charge in [0.1, 0.15) is 18.1 Å². The van der Waals surface area contributed by atoms with Crippen LogP contribution in [0.15, 0.2) is 71.3 Å². The summed E-state index contributed by atoms with van der Waals surface area (Å²) in [4.78, 5) is 26.8. The lowest BCUT2D eigenvalue weighted by Crippen LogP contribution is -2.38. The number of carbonyl (C=O) groups excluding carboxylic acids is 2. The molecule has 2 amide bonds. The Balaban J connectivity index is 1.28. The van der Waals surface area contributed by atoms with Crippen molar-refractivity contribution >= 4 is 11.8 Å². The molecule has 4 rings (SSSR count). The molecule has 0 radical (unpaired) electrons. The molecule has 1 aromatic heterocycles. The maximum Gasteiger partial charge on any atom is 0.251 e. The Bertz CT molecular complexity index is 1080. The van der Waals surface area contributed by atoms with E-state index < -0.39 is 0 Å². The molecule has 0 atom stereocenters. The second kappa shape index (κ2) is 11.5. The zero-order chi connectivity index (χ0) is 23.8. The van der Waals surface area contributed by atoms with E-state index in [4.69, 9.17) is 9.15 Å². The minimum atomic E-state index is -0.0835. The summed E-state index contributed by atoms with van der Waals surface area (Å²) in [7, 11) is 0. The Morgan fingerprint density at radius 3 is 2.59 bits per heavy atom. The molecule has 2 N–H and O–H groups in total. The predicted molar refractivity (Wildman–Crippen MR) is 129 cm³/mol. The first-order chi connectivity index (χ1) is 16.5. The zero-order valence-corrected chi connectivity index (χ0v) is 19.5. The van der Waals surface area contributed by atoms with Gasteiger partial charge in [0.2, 0.25) is 5.91 Å². The van der Waals surface area contributed by atoms with E-state index in [9.17, 15) is 9.59 Å². The summed E-state index contributed by atoms with van der Waals surface area (Å²) in [6.07, 6.45) is 3.75. The fourth-order valence-corrected chi connectivity index (χ4v) is 3.63. The van der Waals surface area contributed by atoms with Crippen LogP contribution < -0.4 is 15.4 Å². The average molecular weight is 462 g/mol. The van der Waals surface area contributed by atoms with E-state index >= 15 is 0 Å². The van der Waals surface area contributed by atoms with E-state index in [2.05, 4.69) is 10.6 Å². The molecule has 0 bridgehead atoms. The smallest absolute Gasteiger partial charge is 0.251 e. The van der Waals surface area contributed by atoms with Gasteiger partial charge in [0.05, 0.1) is 25.9 Å². The van der Waals surface area contributed by atoms with E-state index in [-0.39, 0.29) is 18.4 Å². The van der Waals surface area contributed by atoms with Gasteiger partial charge in [0.15, 0.2) is 0 Å². The van der Waals surface area contributed by atoms with Crippen molar-refractivity contribution in [3.05, 3.63) is 89.4 Å². The number of nitrogens with zero attached hydrogens (tertiary/aromatic N) is 1. The number of carbonyl (C=O) groups is 2. The van der Waals surface area contributed by atoms with Crippen LogP contribution in [0.25, 0.3) is 0 Å². The summed E-state index contributed by atoms with van der Waals surface area (Å²) in [5.41, 5.74) is 2.80. The number of furan rings is 1. The van der Waals surface area contributed by atoms with Gasteiger partial charge >= 0.3 is 0 Å². The van der Waals surface area contributed by atoms with Crippen LogP contribution in [0.3, 0.4) is 0 Å². The largest absolute Gasteiger partial charge is 0.492 e. The van der Waals surface area contributed by atoms with Gasteiger partial charge in [-0.2, -0.15) is 0 Å². The van der Waals surface area contributed by atoms with Gasteiger partial charge in [-0.25, -0.2) is 0 Å². The minimum Gasteiger partial charge on any atom is -0.492 e. The highest BCUT2D eigenvalue weighted by molar-refractivity contribution is 5.94. The molecule has 1 saturated carbocycles. The van der Waals surface area contributed by atoms with Crippen molar-refractivity contribution in [2.45, 2.75) is 38.9 Å². The molecule has 1 aliphatic rings. The Kier molecular flexibility index (Phi) is 7.99. The van der Waals surface area contributed by atoms with Crippen LogP contribution >= 0.6 is 0 Å². The third-order valence-corrected chi connectivity index (χ3v) is 5.54. The van der Waals surface area contributed by atoms with E-state index in [1.807, 2.05) is 72.5 Å². The van der Waals surface area contributed by atoms with E-state index in [1.54, 1.807) is 6.26 Å². The summed E-state index contributed by atoms with van der Waals surface area (Å²) in [5.74, 6) is 1.47. The number of rotatable bonds is 12. The maximum absolute atomic E-state index is 12.6. The second-order valence-corrected chi connectivity index (χ2v) is 8.68. The van der Waals surface area contributed by atoms with Gasteiger partial charge in [0.25, 0.3) is 5.91 Å². The molecule has 3 aromatic rings. The summed E-state index contributed by atoms with van der Waals surface area (Å²) in [5, 5.41) is 5.92. The first-order valence-corrected chi connectivity index (χ1v) is 11.7. The number of hydrogen-bond acceptors (Lipinski definition) is 5. The summed E-state index contributed by atoms with van der Waals surface area (Å²) < 4.78 is 11.2. The fourth-order valence-electron chi connectivity index (χ4n) is 3.63. The normalized spacial score (nSPS) is 13.0. The third kappa shape index (κ3) is 7.49. The molecule has 7 heteroatoms. The van der Waals surface area contributed by atoms with Crippen LogP contribution in [0, 0.1) is 6.92 Å². The molecule has 2 aromatic carbocycles. The van der Waals surface area contributed by atoms with Crippen molar-refractivity contribution in [1.29, 1.82) is 0 Å². The third-order valence-electron chi connectivity index (χ3n) is 5.54. The van der Waals surface area contributed by atoms with E-state index in [1.165, 1.54) is 0 Å². The monoisotopic (exact) mass is 461 g/mol. The van der Waals surface area contributed by atoms with Gasteiger partial charge in [-0.15, -0.1) is 0 Å². The van der Waals surface area contributed by atoms with Crippen LogP contribution in [0.1, 0.15) is 40.1 Å². The van der Waals surface area contributed by atoms with Crippen LogP contribution in [0.2, 0.25) is 0 Å². The van der Waals surface area contributed by atoms with Gasteiger partial charge in [-0.05, 0) is 67.3 Å². The number of benzene rings is 2. The molecule has 0 aliphatic heterocycles. The van der Waals surface area contributed by atoms with Crippen molar-refractivity contribution in [3.8, 4) is 5.75 Å². The van der Waals surface area contributed by atoms with Gasteiger partial charge in [-0.3, -0.25) is 14.5 Å². The Hall–Kier alpha value is -3.58. The van der Waals surface area contributed by atoms with Crippen LogP contribution in [0.5, 0.6) is 5.75 Å². The second-order valence-electron chi connectivity index (χ2n) is 8.68. The highest BCUT2D eigenvalue weighted by Crippen LogP contribution is 2.19. The predicted octanol–water partition coefficient (Wildman–Crippen LogP) is 3.68. The summed E-state index contributed by atoms with van der Waals surface area (Å²) in [6.45, 7) is 4.11. The number of hydrogen-bond donors (Lipinski definition) is 2. The van der Waals surface area contributed by atoms with Crippen molar-refractivity contribution < 1.29 is 18.7 Å². The fraction of sp³-hybridized carbons (Fsp3) is 0.333. The van der Waals surface area contributed by atoms with E-state index in [0.717, 1.165) is 35.5 Å². The highest BCUT2D eigenvalue weighted by Gasteiger charge is 2.23. The van der Waals surface area contributed by atoms with Crippen LogP contribution in [0.4, 0.5) is 0 Å². The Morgan fingerprint density at radius 2 is 1.88 bits per heavy atom. The molecule has 0 unspecified atom stereocenters. The SMILES string of the molecule is Cc1cccc(OCCNC(=O)CN(Cc2ccc(C(=O)NC3CC3)cc2)Cc2ccco2)c1. The van der Waals surface area contributed by atoms with Gasteiger partial charge in [0, 0.05) is 18.2 Å². The van der Waals surface area contributed by atoms with Gasteiger partial charge in [-0.1, -0.05) is 24.3 Å². The molecule has 178 valence electrons. The van der Waals surface area contributed by atoms with Crippen molar-refractivity contribution in [2.75, 3.05) is 19.7 Å². The van der Waals surface area contributed by atoms with Crippen molar-refractivity contribution in [3.63, 3.8) is 0 Å². The number of nitrogens with one attached hydrogen (secondary N) is 2. The number of ether oxygens (including phenoxy) is 1.